The third-order valence-corrected chi connectivity index (χ3v) is 4.10. The molecular weight excluding hydrogens is 302 g/mol. The van der Waals surface area contributed by atoms with Crippen LogP contribution in [0.25, 0.3) is 0 Å². The van der Waals surface area contributed by atoms with Gasteiger partial charge in [0, 0.05) is 18.8 Å². The van der Waals surface area contributed by atoms with Gasteiger partial charge in [-0.05, 0) is 36.0 Å². The molecule has 1 atom stereocenters. The molecule has 2 heterocycles. The summed E-state index contributed by atoms with van der Waals surface area (Å²) in [4.78, 5) is 4.45. The second-order valence-corrected chi connectivity index (χ2v) is 7.13. The molecule has 1 aromatic carbocycles. The normalized spacial score (nSPS) is 17.7. The van der Waals surface area contributed by atoms with E-state index < -0.39 is 0 Å². The molecule has 6 heteroatoms. The van der Waals surface area contributed by atoms with E-state index in [0.717, 1.165) is 31.7 Å². The number of anilines is 3. The van der Waals surface area contributed by atoms with E-state index in [1.807, 2.05) is 12.1 Å². The first kappa shape index (κ1) is 16.6. The molecule has 0 amide bonds. The van der Waals surface area contributed by atoms with Crippen LogP contribution in [0.1, 0.15) is 39.2 Å². The summed E-state index contributed by atoms with van der Waals surface area (Å²) in [5.41, 5.74) is 2.38. The molecule has 1 aliphatic rings. The molecule has 24 heavy (non-hydrogen) atoms. The monoisotopic (exact) mass is 327 g/mol. The zero-order valence-corrected chi connectivity index (χ0v) is 14.5. The number of rotatable bonds is 5. The SMILES string of the molecule is CC(C)(C)c1ccc(Nc2nncc(NCC3CCCO3)n2)cc1. The minimum atomic E-state index is 0.142. The van der Waals surface area contributed by atoms with Crippen molar-refractivity contribution < 1.29 is 4.74 Å². The van der Waals surface area contributed by atoms with Crippen molar-refractivity contribution in [2.24, 2.45) is 0 Å². The summed E-state index contributed by atoms with van der Waals surface area (Å²) < 4.78 is 5.60. The Kier molecular flexibility index (Phi) is 4.94. The van der Waals surface area contributed by atoms with Gasteiger partial charge in [0.2, 0.25) is 5.95 Å². The zero-order valence-electron chi connectivity index (χ0n) is 14.5. The Balaban J connectivity index is 1.61. The van der Waals surface area contributed by atoms with Gasteiger partial charge in [0.15, 0.2) is 5.82 Å². The maximum atomic E-state index is 5.60. The van der Waals surface area contributed by atoms with Gasteiger partial charge in [-0.1, -0.05) is 32.9 Å². The van der Waals surface area contributed by atoms with Crippen molar-refractivity contribution >= 4 is 17.5 Å². The van der Waals surface area contributed by atoms with E-state index in [1.165, 1.54) is 5.56 Å². The number of hydrogen-bond donors (Lipinski definition) is 2. The topological polar surface area (TPSA) is 72.0 Å². The highest BCUT2D eigenvalue weighted by Crippen LogP contribution is 2.24. The summed E-state index contributed by atoms with van der Waals surface area (Å²) in [6.07, 6.45) is 4.12. The van der Waals surface area contributed by atoms with E-state index in [0.29, 0.717) is 11.8 Å². The van der Waals surface area contributed by atoms with Crippen LogP contribution >= 0.6 is 0 Å². The lowest BCUT2D eigenvalue weighted by atomic mass is 9.87. The summed E-state index contributed by atoms with van der Waals surface area (Å²) in [5.74, 6) is 1.19. The largest absolute Gasteiger partial charge is 0.376 e. The van der Waals surface area contributed by atoms with Crippen molar-refractivity contribution in [3.8, 4) is 0 Å². The quantitative estimate of drug-likeness (QED) is 0.876. The van der Waals surface area contributed by atoms with E-state index in [-0.39, 0.29) is 11.5 Å². The van der Waals surface area contributed by atoms with Crippen LogP contribution in [0.3, 0.4) is 0 Å². The maximum Gasteiger partial charge on any atom is 0.249 e. The fourth-order valence-electron chi connectivity index (χ4n) is 2.65. The molecule has 0 aliphatic carbocycles. The first-order valence-electron chi connectivity index (χ1n) is 8.43. The highest BCUT2D eigenvalue weighted by atomic mass is 16.5. The second-order valence-electron chi connectivity index (χ2n) is 7.13. The third kappa shape index (κ3) is 4.41. The molecule has 1 unspecified atom stereocenters. The molecule has 1 aromatic heterocycles. The van der Waals surface area contributed by atoms with E-state index >= 15 is 0 Å². The van der Waals surface area contributed by atoms with E-state index in [2.05, 4.69) is 58.7 Å². The Hall–Kier alpha value is -2.21. The lowest BCUT2D eigenvalue weighted by molar-refractivity contribution is 0.120. The van der Waals surface area contributed by atoms with Crippen molar-refractivity contribution in [1.29, 1.82) is 0 Å². The smallest absolute Gasteiger partial charge is 0.249 e. The lowest BCUT2D eigenvalue weighted by Gasteiger charge is -2.19. The summed E-state index contributed by atoms with van der Waals surface area (Å²) >= 11 is 0. The number of hydrogen-bond acceptors (Lipinski definition) is 6. The van der Waals surface area contributed by atoms with Crippen LogP contribution in [0.5, 0.6) is 0 Å². The van der Waals surface area contributed by atoms with Crippen molar-refractivity contribution in [2.75, 3.05) is 23.8 Å². The Morgan fingerprint density at radius 1 is 1.21 bits per heavy atom. The van der Waals surface area contributed by atoms with E-state index in [9.17, 15) is 0 Å². The highest BCUT2D eigenvalue weighted by Gasteiger charge is 2.15. The van der Waals surface area contributed by atoms with Crippen molar-refractivity contribution in [3.05, 3.63) is 36.0 Å². The van der Waals surface area contributed by atoms with Crippen LogP contribution in [0.2, 0.25) is 0 Å². The molecule has 2 aromatic rings. The first-order valence-corrected chi connectivity index (χ1v) is 8.43. The number of ether oxygens (including phenoxy) is 1. The number of nitrogens with one attached hydrogen (secondary N) is 2. The van der Waals surface area contributed by atoms with Crippen LogP contribution in [0.4, 0.5) is 17.5 Å². The standard InChI is InChI=1S/C18H25N5O/c1-18(2,3)13-6-8-14(9-7-13)21-17-22-16(12-20-23-17)19-11-15-5-4-10-24-15/h6-9,12,15H,4-5,10-11H2,1-3H3,(H2,19,21,22,23). The molecule has 0 radical (unpaired) electrons. The van der Waals surface area contributed by atoms with Crippen molar-refractivity contribution in [1.82, 2.24) is 15.2 Å². The lowest BCUT2D eigenvalue weighted by Crippen LogP contribution is -2.19. The molecule has 0 spiro atoms. The molecule has 0 saturated carbocycles. The van der Waals surface area contributed by atoms with Crippen LogP contribution in [-0.4, -0.2) is 34.4 Å². The summed E-state index contributed by atoms with van der Waals surface area (Å²) in [5, 5.41) is 14.5. The first-order chi connectivity index (χ1) is 11.5. The molecule has 128 valence electrons. The molecule has 3 rings (SSSR count). The van der Waals surface area contributed by atoms with Gasteiger partial charge in [-0.15, -0.1) is 5.10 Å². The second kappa shape index (κ2) is 7.13. The van der Waals surface area contributed by atoms with Gasteiger partial charge in [-0.25, -0.2) is 0 Å². The van der Waals surface area contributed by atoms with Crippen LogP contribution in [-0.2, 0) is 10.2 Å². The molecule has 1 aliphatic heterocycles. The number of aromatic nitrogens is 3. The van der Waals surface area contributed by atoms with Crippen molar-refractivity contribution in [2.45, 2.75) is 45.1 Å². The fourth-order valence-corrected chi connectivity index (χ4v) is 2.65. The van der Waals surface area contributed by atoms with E-state index in [1.54, 1.807) is 6.20 Å². The van der Waals surface area contributed by atoms with Crippen LogP contribution in [0, 0.1) is 0 Å². The van der Waals surface area contributed by atoms with Gasteiger partial charge in [-0.2, -0.15) is 10.1 Å². The average molecular weight is 327 g/mol. The van der Waals surface area contributed by atoms with Gasteiger partial charge < -0.3 is 15.4 Å². The Morgan fingerprint density at radius 3 is 2.67 bits per heavy atom. The van der Waals surface area contributed by atoms with Gasteiger partial charge in [0.1, 0.15) is 0 Å². The Bertz CT molecular complexity index is 660. The number of benzene rings is 1. The van der Waals surface area contributed by atoms with E-state index in [4.69, 9.17) is 4.74 Å². The minimum Gasteiger partial charge on any atom is -0.376 e. The summed E-state index contributed by atoms with van der Waals surface area (Å²) in [6, 6.07) is 8.32. The summed E-state index contributed by atoms with van der Waals surface area (Å²) in [6.45, 7) is 8.20. The average Bonchev–Trinajstić information content (AvgIpc) is 3.06. The number of nitrogens with zero attached hydrogens (tertiary/aromatic N) is 3. The van der Waals surface area contributed by atoms with Crippen LogP contribution < -0.4 is 10.6 Å². The Morgan fingerprint density at radius 2 is 2.00 bits per heavy atom. The molecule has 1 saturated heterocycles. The van der Waals surface area contributed by atoms with Crippen LogP contribution in [0.15, 0.2) is 30.5 Å². The summed E-state index contributed by atoms with van der Waals surface area (Å²) in [7, 11) is 0. The highest BCUT2D eigenvalue weighted by molar-refractivity contribution is 5.55. The van der Waals surface area contributed by atoms with Gasteiger partial charge in [0.05, 0.1) is 12.3 Å². The predicted molar refractivity (Wildman–Crippen MR) is 95.7 cm³/mol. The molecule has 0 bridgehead atoms. The van der Waals surface area contributed by atoms with Gasteiger partial charge in [-0.3, -0.25) is 0 Å². The van der Waals surface area contributed by atoms with Gasteiger partial charge in [0.25, 0.3) is 0 Å². The minimum absolute atomic E-state index is 0.142. The maximum absolute atomic E-state index is 5.60. The molecule has 2 N–H and O–H groups in total. The molecule has 1 fully saturated rings. The molecular formula is C18H25N5O. The van der Waals surface area contributed by atoms with Crippen molar-refractivity contribution in [3.63, 3.8) is 0 Å². The Labute approximate surface area is 143 Å². The third-order valence-electron chi connectivity index (χ3n) is 4.10. The fraction of sp³-hybridized carbons (Fsp3) is 0.500. The van der Waals surface area contributed by atoms with Gasteiger partial charge >= 0.3 is 0 Å². The predicted octanol–water partition coefficient (Wildman–Crippen LogP) is 3.50. The zero-order chi connectivity index (χ0) is 17.0. The molecule has 6 nitrogen and oxygen atoms in total.